The third-order valence-electron chi connectivity index (χ3n) is 3.50. The van der Waals surface area contributed by atoms with Crippen molar-refractivity contribution in [2.45, 2.75) is 6.36 Å². The predicted molar refractivity (Wildman–Crippen MR) is 86.4 cm³/mol. The second-order valence-corrected chi connectivity index (χ2v) is 5.18. The van der Waals surface area contributed by atoms with E-state index < -0.39 is 23.3 Å². The number of aliphatic hydroxyl groups excluding tert-OH is 2. The number of rotatable bonds is 3. The van der Waals surface area contributed by atoms with Gasteiger partial charge in [-0.1, -0.05) is 12.1 Å². The Balaban J connectivity index is 2.18. The Kier molecular flexibility index (Phi) is 4.29. The van der Waals surface area contributed by atoms with Crippen molar-refractivity contribution in [1.29, 1.82) is 0 Å². The van der Waals surface area contributed by atoms with Gasteiger partial charge in [0.15, 0.2) is 11.2 Å². The molecule has 1 aliphatic heterocycles. The molecule has 0 fully saturated rings. The highest BCUT2D eigenvalue weighted by Crippen LogP contribution is 2.29. The quantitative estimate of drug-likeness (QED) is 0.693. The topological polar surface area (TPSA) is 84.6 Å². The lowest BCUT2D eigenvalue weighted by Crippen LogP contribution is -2.18. The molecule has 3 rings (SSSR count). The van der Waals surface area contributed by atoms with Crippen LogP contribution in [0.4, 0.5) is 13.2 Å². The molecule has 1 heterocycles. The highest BCUT2D eigenvalue weighted by Gasteiger charge is 2.31. The Labute approximate surface area is 144 Å². The van der Waals surface area contributed by atoms with Gasteiger partial charge in [0.1, 0.15) is 17.7 Å². The molecule has 0 spiro atoms. The number of alkyl halides is 3. The normalized spacial score (nSPS) is 12.3. The Hall–Kier alpha value is -3.49. The molecule has 2 N–H and O–H groups in total. The number of halogens is 3. The Morgan fingerprint density at radius 1 is 1.15 bits per heavy atom. The fourth-order valence-electron chi connectivity index (χ4n) is 2.48. The van der Waals surface area contributed by atoms with Gasteiger partial charge in [0, 0.05) is 5.56 Å². The van der Waals surface area contributed by atoms with E-state index >= 15 is 0 Å². The van der Waals surface area contributed by atoms with E-state index in [2.05, 4.69) is 9.84 Å². The molecule has 0 radical (unpaired) electrons. The minimum absolute atomic E-state index is 0.0971. The molecule has 0 amide bonds. The number of fused-ring (bicyclic) bond motifs is 1. The van der Waals surface area contributed by atoms with E-state index in [0.717, 1.165) is 16.8 Å². The van der Waals surface area contributed by atoms with Gasteiger partial charge >= 0.3 is 6.36 Å². The molecule has 2 aliphatic rings. The van der Waals surface area contributed by atoms with Crippen LogP contribution >= 0.6 is 0 Å². The number of ether oxygens (including phenoxy) is 1. The first-order valence-corrected chi connectivity index (χ1v) is 7.21. The van der Waals surface area contributed by atoms with Crippen molar-refractivity contribution in [1.82, 2.24) is 9.78 Å². The van der Waals surface area contributed by atoms with Gasteiger partial charge in [-0.3, -0.25) is 4.79 Å². The predicted octanol–water partition coefficient (Wildman–Crippen LogP) is 3.65. The SMILES string of the molecule is O=c1cccc2cnn(-c3ccc(OC(F)(F)F)cc3)c(C(O)=CO)c1-2. The maximum atomic E-state index is 12.3. The van der Waals surface area contributed by atoms with E-state index in [1.165, 1.54) is 30.5 Å². The second kappa shape index (κ2) is 6.43. The van der Waals surface area contributed by atoms with Crippen LogP contribution in [0.25, 0.3) is 22.6 Å². The second-order valence-electron chi connectivity index (χ2n) is 5.18. The van der Waals surface area contributed by atoms with Gasteiger partial charge in [0.2, 0.25) is 0 Å². The fourth-order valence-corrected chi connectivity index (χ4v) is 2.48. The Bertz CT molecular complexity index is 994. The molecule has 6 nitrogen and oxygen atoms in total. The van der Waals surface area contributed by atoms with Gasteiger partial charge in [-0.05, 0) is 30.3 Å². The van der Waals surface area contributed by atoms with Gasteiger partial charge in [-0.15, -0.1) is 13.2 Å². The molecule has 134 valence electrons. The van der Waals surface area contributed by atoms with E-state index in [1.54, 1.807) is 6.07 Å². The van der Waals surface area contributed by atoms with Crippen molar-refractivity contribution in [2.24, 2.45) is 0 Å². The standard InChI is InChI=1S/C17H11F3N2O4/c18-17(19,20)26-12-6-4-11(5-7-12)22-16(14(25)9-23)15-10(8-21-22)2-1-3-13(15)24/h1-9,23,25H. The van der Waals surface area contributed by atoms with E-state index in [-0.39, 0.29) is 16.9 Å². The maximum absolute atomic E-state index is 12.3. The minimum atomic E-state index is -4.82. The summed E-state index contributed by atoms with van der Waals surface area (Å²) in [5.74, 6) is -1.06. The van der Waals surface area contributed by atoms with Gasteiger partial charge in [-0.2, -0.15) is 5.10 Å². The number of hydrogen-bond acceptors (Lipinski definition) is 5. The Morgan fingerprint density at radius 3 is 2.46 bits per heavy atom. The van der Waals surface area contributed by atoms with Crippen LogP contribution in [0.1, 0.15) is 5.69 Å². The third kappa shape index (κ3) is 3.32. The van der Waals surface area contributed by atoms with Crippen molar-refractivity contribution < 1.29 is 28.1 Å². The van der Waals surface area contributed by atoms with Crippen LogP contribution in [-0.2, 0) is 0 Å². The number of aromatic nitrogens is 2. The van der Waals surface area contributed by atoms with Gasteiger partial charge in [0.05, 0.1) is 17.4 Å². The zero-order valence-electron chi connectivity index (χ0n) is 12.9. The number of benzene rings is 2. The first-order valence-electron chi connectivity index (χ1n) is 7.21. The molecule has 9 heteroatoms. The van der Waals surface area contributed by atoms with Crippen LogP contribution < -0.4 is 10.2 Å². The zero-order valence-corrected chi connectivity index (χ0v) is 12.9. The van der Waals surface area contributed by atoms with Crippen molar-refractivity contribution in [3.63, 3.8) is 0 Å². The highest BCUT2D eigenvalue weighted by molar-refractivity contribution is 5.77. The van der Waals surface area contributed by atoms with E-state index in [4.69, 9.17) is 0 Å². The molecule has 26 heavy (non-hydrogen) atoms. The largest absolute Gasteiger partial charge is 0.573 e. The summed E-state index contributed by atoms with van der Waals surface area (Å²) in [4.78, 5) is 12.2. The molecule has 0 bridgehead atoms. The molecular formula is C17H11F3N2O4. The summed E-state index contributed by atoms with van der Waals surface area (Å²) in [5, 5.41) is 23.3. The lowest BCUT2D eigenvalue weighted by atomic mass is 10.0. The summed E-state index contributed by atoms with van der Waals surface area (Å²) in [7, 11) is 0. The maximum Gasteiger partial charge on any atom is 0.573 e. The number of hydrogen-bond donors (Lipinski definition) is 2. The molecule has 0 unspecified atom stereocenters. The molecule has 0 atom stereocenters. The minimum Gasteiger partial charge on any atom is -0.512 e. The number of aliphatic hydroxyl groups is 2. The summed E-state index contributed by atoms with van der Waals surface area (Å²) in [5.41, 5.74) is 0.252. The van der Waals surface area contributed by atoms with Crippen molar-refractivity contribution in [2.75, 3.05) is 0 Å². The summed E-state index contributed by atoms with van der Waals surface area (Å²) >= 11 is 0. The zero-order chi connectivity index (χ0) is 18.9. The molecule has 1 aromatic carbocycles. The fraction of sp³-hybridized carbons (Fsp3) is 0.0588. The third-order valence-corrected chi connectivity index (χ3v) is 3.50. The van der Waals surface area contributed by atoms with Crippen LogP contribution in [0, 0.1) is 0 Å². The summed E-state index contributed by atoms with van der Waals surface area (Å²) in [6, 6.07) is 9.05. The van der Waals surface area contributed by atoms with Crippen molar-refractivity contribution in [3.8, 4) is 22.6 Å². The van der Waals surface area contributed by atoms with Crippen LogP contribution in [0.5, 0.6) is 5.75 Å². The first-order chi connectivity index (χ1) is 12.3. The lowest BCUT2D eigenvalue weighted by Gasteiger charge is -2.17. The average Bonchev–Trinajstić information content (AvgIpc) is 2.60. The molecule has 0 saturated carbocycles. The lowest BCUT2D eigenvalue weighted by molar-refractivity contribution is -0.274. The Morgan fingerprint density at radius 2 is 1.85 bits per heavy atom. The number of nitrogens with zero attached hydrogens (tertiary/aromatic N) is 2. The molecule has 0 saturated heterocycles. The molecule has 1 aromatic rings. The van der Waals surface area contributed by atoms with Crippen molar-refractivity contribution >= 4 is 5.76 Å². The molecule has 1 aliphatic carbocycles. The molecule has 0 aromatic heterocycles. The van der Waals surface area contributed by atoms with Gasteiger partial charge in [0.25, 0.3) is 0 Å². The van der Waals surface area contributed by atoms with E-state index in [1.807, 2.05) is 0 Å². The van der Waals surface area contributed by atoms with Crippen molar-refractivity contribution in [3.05, 3.63) is 70.8 Å². The summed E-state index contributed by atoms with van der Waals surface area (Å²) in [6.07, 6.45) is -3.05. The van der Waals surface area contributed by atoms with E-state index in [0.29, 0.717) is 11.8 Å². The van der Waals surface area contributed by atoms with Crippen LogP contribution in [0.15, 0.2) is 59.7 Å². The van der Waals surface area contributed by atoms with E-state index in [9.17, 15) is 28.2 Å². The summed E-state index contributed by atoms with van der Waals surface area (Å²) in [6.45, 7) is 0. The average molecular weight is 364 g/mol. The van der Waals surface area contributed by atoms with Crippen LogP contribution in [-0.4, -0.2) is 26.4 Å². The first kappa shape index (κ1) is 17.3. The van der Waals surface area contributed by atoms with Gasteiger partial charge < -0.3 is 14.9 Å². The highest BCUT2D eigenvalue weighted by atomic mass is 19.4. The smallest absolute Gasteiger partial charge is 0.512 e. The van der Waals surface area contributed by atoms with Crippen LogP contribution in [0.2, 0.25) is 0 Å². The molecular weight excluding hydrogens is 353 g/mol. The monoisotopic (exact) mass is 364 g/mol. The summed E-state index contributed by atoms with van der Waals surface area (Å²) < 4.78 is 41.7. The van der Waals surface area contributed by atoms with Crippen LogP contribution in [0.3, 0.4) is 0 Å². The van der Waals surface area contributed by atoms with Gasteiger partial charge in [-0.25, -0.2) is 4.68 Å².